The number of benzene rings is 1. The van der Waals surface area contributed by atoms with Crippen molar-refractivity contribution >= 4 is 34.8 Å². The van der Waals surface area contributed by atoms with Crippen molar-refractivity contribution < 1.29 is 9.18 Å². The van der Waals surface area contributed by atoms with E-state index in [0.29, 0.717) is 30.5 Å². The Kier molecular flexibility index (Phi) is 7.43. The molecule has 118 valence electrons. The molecule has 0 saturated heterocycles. The fourth-order valence-electron chi connectivity index (χ4n) is 2.19. The van der Waals surface area contributed by atoms with E-state index >= 15 is 0 Å². The van der Waals surface area contributed by atoms with Gasteiger partial charge in [-0.2, -0.15) is 0 Å². The van der Waals surface area contributed by atoms with Gasteiger partial charge in [-0.15, -0.1) is 0 Å². The van der Waals surface area contributed by atoms with Gasteiger partial charge in [0.05, 0.1) is 10.0 Å². The van der Waals surface area contributed by atoms with Crippen LogP contribution in [0.3, 0.4) is 0 Å². The van der Waals surface area contributed by atoms with Crippen LogP contribution >= 0.6 is 23.2 Å². The summed E-state index contributed by atoms with van der Waals surface area (Å²) in [6.45, 7) is 4.86. The third kappa shape index (κ3) is 5.81. The summed E-state index contributed by atoms with van der Waals surface area (Å²) in [5, 5.41) is 2.46. The lowest BCUT2D eigenvalue weighted by atomic mass is 9.88. The molecule has 0 aliphatic rings. The van der Waals surface area contributed by atoms with Crippen LogP contribution in [0, 0.1) is 17.7 Å². The first-order valence-corrected chi connectivity index (χ1v) is 7.75. The number of anilines is 1. The zero-order chi connectivity index (χ0) is 16.0. The highest BCUT2D eigenvalue weighted by Gasteiger charge is 2.15. The van der Waals surface area contributed by atoms with Gasteiger partial charge in [-0.25, -0.2) is 4.39 Å². The third-order valence-electron chi connectivity index (χ3n) is 3.49. The molecule has 1 unspecified atom stereocenters. The van der Waals surface area contributed by atoms with Crippen molar-refractivity contribution in [1.82, 2.24) is 0 Å². The molecule has 1 amide bonds. The molecule has 1 rings (SSSR count). The van der Waals surface area contributed by atoms with Gasteiger partial charge in [0.2, 0.25) is 5.91 Å². The van der Waals surface area contributed by atoms with Crippen LogP contribution < -0.4 is 11.1 Å². The molecule has 0 aromatic heterocycles. The van der Waals surface area contributed by atoms with Gasteiger partial charge in [-0.3, -0.25) is 4.79 Å². The summed E-state index contributed by atoms with van der Waals surface area (Å²) >= 11 is 11.4. The largest absolute Gasteiger partial charge is 0.330 e. The van der Waals surface area contributed by atoms with Crippen molar-refractivity contribution in [2.75, 3.05) is 11.9 Å². The molecule has 3 N–H and O–H groups in total. The lowest BCUT2D eigenvalue weighted by Gasteiger charge is -2.19. The molecule has 0 heterocycles. The molecular weight excluding hydrogens is 314 g/mol. The number of rotatable bonds is 7. The van der Waals surface area contributed by atoms with E-state index in [1.54, 1.807) is 0 Å². The first-order chi connectivity index (χ1) is 9.85. The maximum absolute atomic E-state index is 13.3. The molecule has 3 nitrogen and oxygen atoms in total. The lowest BCUT2D eigenvalue weighted by molar-refractivity contribution is -0.116. The van der Waals surface area contributed by atoms with Crippen molar-refractivity contribution in [3.05, 3.63) is 28.0 Å². The van der Waals surface area contributed by atoms with E-state index in [2.05, 4.69) is 19.2 Å². The molecule has 1 atom stereocenters. The zero-order valence-corrected chi connectivity index (χ0v) is 13.8. The average Bonchev–Trinajstić information content (AvgIpc) is 2.40. The fraction of sp³-hybridized carbons (Fsp3) is 0.533. The smallest absolute Gasteiger partial charge is 0.224 e. The van der Waals surface area contributed by atoms with Crippen molar-refractivity contribution in [2.24, 2.45) is 17.6 Å². The van der Waals surface area contributed by atoms with Crippen LogP contribution in [0.15, 0.2) is 12.1 Å². The molecule has 6 heteroatoms. The van der Waals surface area contributed by atoms with Crippen LogP contribution in [0.1, 0.15) is 33.1 Å². The van der Waals surface area contributed by atoms with Crippen LogP contribution in [-0.2, 0) is 4.79 Å². The van der Waals surface area contributed by atoms with Crippen molar-refractivity contribution in [1.29, 1.82) is 0 Å². The van der Waals surface area contributed by atoms with Gasteiger partial charge in [-0.1, -0.05) is 37.0 Å². The summed E-state index contributed by atoms with van der Waals surface area (Å²) in [5.74, 6) is 0.0766. The molecule has 0 aliphatic heterocycles. The second kappa shape index (κ2) is 8.57. The van der Waals surface area contributed by atoms with E-state index in [-0.39, 0.29) is 16.0 Å². The van der Waals surface area contributed by atoms with Crippen LogP contribution in [0.4, 0.5) is 10.1 Å². The molecule has 0 spiro atoms. The Hall–Kier alpha value is -0.840. The van der Waals surface area contributed by atoms with Crippen molar-refractivity contribution in [3.8, 4) is 0 Å². The predicted octanol–water partition coefficient (Wildman–Crippen LogP) is 4.47. The molecule has 21 heavy (non-hydrogen) atoms. The number of amides is 1. The Bertz CT molecular complexity index is 472. The summed E-state index contributed by atoms with van der Waals surface area (Å²) in [7, 11) is 0. The molecule has 0 aliphatic carbocycles. The molecule has 0 saturated carbocycles. The van der Waals surface area contributed by atoms with E-state index < -0.39 is 5.82 Å². The number of carbonyl (C=O) groups is 1. The van der Waals surface area contributed by atoms with Crippen LogP contribution in [0.5, 0.6) is 0 Å². The molecule has 0 fully saturated rings. The Morgan fingerprint density at radius 1 is 1.29 bits per heavy atom. The first kappa shape index (κ1) is 18.2. The van der Waals surface area contributed by atoms with E-state index in [1.165, 1.54) is 12.1 Å². The van der Waals surface area contributed by atoms with Crippen LogP contribution in [0.2, 0.25) is 10.0 Å². The topological polar surface area (TPSA) is 55.1 Å². The van der Waals surface area contributed by atoms with E-state index in [0.717, 1.165) is 12.8 Å². The maximum Gasteiger partial charge on any atom is 0.224 e. The third-order valence-corrected chi connectivity index (χ3v) is 4.04. The summed E-state index contributed by atoms with van der Waals surface area (Å²) in [6, 6.07) is 2.70. The maximum atomic E-state index is 13.3. The van der Waals surface area contributed by atoms with Crippen molar-refractivity contribution in [2.45, 2.75) is 33.1 Å². The van der Waals surface area contributed by atoms with Gasteiger partial charge in [0.15, 0.2) is 5.82 Å². The molecule has 1 aromatic carbocycles. The SMILES string of the molecule is CC(C)C(CCN)CCC(=O)Nc1cc(Cl)c(F)c(Cl)c1. The second-order valence-electron chi connectivity index (χ2n) is 5.42. The minimum absolute atomic E-state index is 0.110. The van der Waals surface area contributed by atoms with Gasteiger partial charge in [0, 0.05) is 12.1 Å². The summed E-state index contributed by atoms with van der Waals surface area (Å²) in [4.78, 5) is 11.9. The monoisotopic (exact) mass is 334 g/mol. The normalized spacial score (nSPS) is 12.5. The van der Waals surface area contributed by atoms with Gasteiger partial charge in [0.1, 0.15) is 0 Å². The predicted molar refractivity (Wildman–Crippen MR) is 86.3 cm³/mol. The van der Waals surface area contributed by atoms with Gasteiger partial charge in [0.25, 0.3) is 0 Å². The Morgan fingerprint density at radius 3 is 2.33 bits per heavy atom. The summed E-state index contributed by atoms with van der Waals surface area (Å²) in [6.07, 6.45) is 2.05. The fourth-order valence-corrected chi connectivity index (χ4v) is 2.68. The van der Waals surface area contributed by atoms with E-state index in [4.69, 9.17) is 28.9 Å². The Morgan fingerprint density at radius 2 is 1.86 bits per heavy atom. The second-order valence-corrected chi connectivity index (χ2v) is 6.24. The summed E-state index contributed by atoms with van der Waals surface area (Å²) < 4.78 is 13.3. The Balaban J connectivity index is 2.58. The van der Waals surface area contributed by atoms with E-state index in [9.17, 15) is 9.18 Å². The highest BCUT2D eigenvalue weighted by Crippen LogP contribution is 2.27. The highest BCUT2D eigenvalue weighted by molar-refractivity contribution is 6.35. The summed E-state index contributed by atoms with van der Waals surface area (Å²) in [5.41, 5.74) is 5.98. The number of carbonyl (C=O) groups excluding carboxylic acids is 1. The molecule has 0 radical (unpaired) electrons. The number of hydrogen-bond donors (Lipinski definition) is 2. The quantitative estimate of drug-likeness (QED) is 0.722. The van der Waals surface area contributed by atoms with Gasteiger partial charge < -0.3 is 11.1 Å². The number of nitrogens with one attached hydrogen (secondary N) is 1. The molecular formula is C15H21Cl2FN2O. The van der Waals surface area contributed by atoms with E-state index in [1.807, 2.05) is 0 Å². The highest BCUT2D eigenvalue weighted by atomic mass is 35.5. The lowest BCUT2D eigenvalue weighted by Crippen LogP contribution is -2.18. The van der Waals surface area contributed by atoms with Crippen molar-refractivity contribution in [3.63, 3.8) is 0 Å². The zero-order valence-electron chi connectivity index (χ0n) is 12.3. The van der Waals surface area contributed by atoms with Crippen LogP contribution in [-0.4, -0.2) is 12.5 Å². The van der Waals surface area contributed by atoms with Crippen LogP contribution in [0.25, 0.3) is 0 Å². The van der Waals surface area contributed by atoms with Gasteiger partial charge >= 0.3 is 0 Å². The average molecular weight is 335 g/mol. The number of nitrogens with two attached hydrogens (primary N) is 1. The minimum atomic E-state index is -0.681. The first-order valence-electron chi connectivity index (χ1n) is 6.99. The van der Waals surface area contributed by atoms with Gasteiger partial charge in [-0.05, 0) is 43.4 Å². The molecule has 1 aromatic rings. The Labute approximate surface area is 135 Å². The standard InChI is InChI=1S/C15H21Cl2FN2O/c1-9(2)10(5-6-19)3-4-14(21)20-11-7-12(16)15(18)13(17)8-11/h7-10H,3-6,19H2,1-2H3,(H,20,21). The minimum Gasteiger partial charge on any atom is -0.330 e. The number of hydrogen-bond acceptors (Lipinski definition) is 2. The molecule has 0 bridgehead atoms. The number of halogens is 3.